The first-order valence-corrected chi connectivity index (χ1v) is 10.4. The van der Waals surface area contributed by atoms with Gasteiger partial charge < -0.3 is 20.1 Å². The minimum absolute atomic E-state index is 0.0845. The Hall–Kier alpha value is -3.35. The molecule has 156 valence electrons. The zero-order valence-corrected chi connectivity index (χ0v) is 17.2. The van der Waals surface area contributed by atoms with Crippen LogP contribution in [0.1, 0.15) is 18.4 Å². The molecule has 0 spiro atoms. The first-order valence-electron chi connectivity index (χ1n) is 10.4. The van der Waals surface area contributed by atoms with Crippen molar-refractivity contribution in [3.63, 3.8) is 0 Å². The number of urea groups is 1. The Bertz CT molecular complexity index is 1070. The minimum atomic E-state index is -0.135. The first kappa shape index (κ1) is 19.9. The Morgan fingerprint density at radius 3 is 2.53 bits per heavy atom. The van der Waals surface area contributed by atoms with Crippen LogP contribution in [0.15, 0.2) is 59.4 Å². The van der Waals surface area contributed by atoms with Crippen LogP contribution in [0, 0.1) is 0 Å². The normalized spacial score (nSPS) is 14.6. The Balaban J connectivity index is 1.30. The van der Waals surface area contributed by atoms with Crippen molar-refractivity contribution in [1.82, 2.24) is 20.2 Å². The van der Waals surface area contributed by atoms with E-state index in [0.717, 1.165) is 30.3 Å². The van der Waals surface area contributed by atoms with Crippen molar-refractivity contribution in [2.24, 2.45) is 7.05 Å². The Morgan fingerprint density at radius 1 is 1.07 bits per heavy atom. The maximum atomic E-state index is 12.8. The van der Waals surface area contributed by atoms with Crippen LogP contribution in [0.2, 0.25) is 0 Å². The van der Waals surface area contributed by atoms with Gasteiger partial charge in [0.15, 0.2) is 5.82 Å². The fourth-order valence-corrected chi connectivity index (χ4v) is 3.91. The number of nitrogens with one attached hydrogen (secondary N) is 2. The van der Waals surface area contributed by atoms with E-state index >= 15 is 0 Å². The summed E-state index contributed by atoms with van der Waals surface area (Å²) in [4.78, 5) is 31.6. The summed E-state index contributed by atoms with van der Waals surface area (Å²) in [6.07, 6.45) is 2.37. The maximum absolute atomic E-state index is 12.8. The number of hydrogen-bond donors (Lipinski definition) is 2. The van der Waals surface area contributed by atoms with Gasteiger partial charge in [0.25, 0.3) is 5.56 Å². The molecular formula is C23H27N5O2. The first-order chi connectivity index (χ1) is 14.6. The van der Waals surface area contributed by atoms with E-state index in [4.69, 9.17) is 0 Å². The molecule has 2 amide bonds. The van der Waals surface area contributed by atoms with Crippen LogP contribution < -0.4 is 21.1 Å². The molecule has 0 atom stereocenters. The number of para-hydroxylation sites is 2. The van der Waals surface area contributed by atoms with Gasteiger partial charge in [-0.2, -0.15) is 0 Å². The van der Waals surface area contributed by atoms with Crippen LogP contribution in [0.3, 0.4) is 0 Å². The van der Waals surface area contributed by atoms with E-state index in [0.29, 0.717) is 25.5 Å². The van der Waals surface area contributed by atoms with Gasteiger partial charge in [-0.1, -0.05) is 42.5 Å². The van der Waals surface area contributed by atoms with E-state index in [9.17, 15) is 9.59 Å². The van der Waals surface area contributed by atoms with Crippen LogP contribution >= 0.6 is 0 Å². The van der Waals surface area contributed by atoms with Gasteiger partial charge in [0.1, 0.15) is 0 Å². The van der Waals surface area contributed by atoms with Crippen molar-refractivity contribution in [2.45, 2.75) is 25.3 Å². The zero-order chi connectivity index (χ0) is 20.9. The third-order valence-corrected chi connectivity index (χ3v) is 5.64. The summed E-state index contributed by atoms with van der Waals surface area (Å²) < 4.78 is 1.65. The third kappa shape index (κ3) is 4.45. The molecule has 2 heterocycles. The van der Waals surface area contributed by atoms with E-state index in [1.54, 1.807) is 11.6 Å². The molecular weight excluding hydrogens is 378 g/mol. The molecule has 30 heavy (non-hydrogen) atoms. The van der Waals surface area contributed by atoms with Crippen molar-refractivity contribution in [1.29, 1.82) is 0 Å². The summed E-state index contributed by atoms with van der Waals surface area (Å²) in [5.41, 5.74) is 2.76. The van der Waals surface area contributed by atoms with Gasteiger partial charge in [-0.3, -0.25) is 4.79 Å². The number of aryl methyl sites for hydroxylation is 1. The molecule has 1 aromatic heterocycles. The average molecular weight is 406 g/mol. The molecule has 1 aliphatic rings. The summed E-state index contributed by atoms with van der Waals surface area (Å²) in [5, 5.41) is 5.98. The molecule has 1 fully saturated rings. The van der Waals surface area contributed by atoms with Crippen LogP contribution in [0.25, 0.3) is 11.0 Å². The fraction of sp³-hybridized carbons (Fsp3) is 0.348. The number of fused-ring (bicyclic) bond motifs is 1. The van der Waals surface area contributed by atoms with Crippen molar-refractivity contribution in [3.8, 4) is 0 Å². The number of anilines is 1. The molecule has 1 aliphatic heterocycles. The van der Waals surface area contributed by atoms with E-state index < -0.39 is 0 Å². The summed E-state index contributed by atoms with van der Waals surface area (Å²) in [5.74, 6) is 0.488. The molecule has 2 aromatic carbocycles. The number of hydrogen-bond acceptors (Lipinski definition) is 4. The van der Waals surface area contributed by atoms with Crippen LogP contribution in [-0.2, 0) is 13.5 Å². The third-order valence-electron chi connectivity index (χ3n) is 5.64. The molecule has 4 rings (SSSR count). The van der Waals surface area contributed by atoms with Gasteiger partial charge in [-0.15, -0.1) is 0 Å². The molecule has 0 bridgehead atoms. The predicted molar refractivity (Wildman–Crippen MR) is 119 cm³/mol. The SMILES string of the molecule is Cn1c(=O)c(N2CCC(NC(=O)NCCc3ccccc3)CC2)nc2ccccc21. The average Bonchev–Trinajstić information content (AvgIpc) is 2.78. The van der Waals surface area contributed by atoms with Gasteiger partial charge in [-0.25, -0.2) is 9.78 Å². The number of piperidine rings is 1. The highest BCUT2D eigenvalue weighted by molar-refractivity contribution is 5.76. The quantitative estimate of drug-likeness (QED) is 0.683. The van der Waals surface area contributed by atoms with Gasteiger partial charge in [0.05, 0.1) is 11.0 Å². The standard InChI is InChI=1S/C23H27N5O2/c1-27-20-10-6-5-9-19(20)26-21(22(27)29)28-15-12-18(13-16-28)25-23(30)24-14-11-17-7-3-2-4-8-17/h2-10,18H,11-16H2,1H3,(H2,24,25,30). The lowest BCUT2D eigenvalue weighted by Crippen LogP contribution is -2.49. The number of carbonyl (C=O) groups is 1. The Kier molecular flexibility index (Phi) is 5.97. The van der Waals surface area contributed by atoms with Gasteiger partial charge >= 0.3 is 6.03 Å². The molecule has 0 aliphatic carbocycles. The van der Waals surface area contributed by atoms with Crippen LogP contribution in [0.5, 0.6) is 0 Å². The monoisotopic (exact) mass is 405 g/mol. The van der Waals surface area contributed by atoms with Crippen molar-refractivity contribution in [3.05, 3.63) is 70.5 Å². The number of aromatic nitrogens is 2. The molecule has 3 aromatic rings. The number of carbonyl (C=O) groups excluding carboxylic acids is 1. The second-order valence-corrected chi connectivity index (χ2v) is 7.69. The van der Waals surface area contributed by atoms with Gasteiger partial charge in [0.2, 0.25) is 0 Å². The van der Waals surface area contributed by atoms with E-state index in [1.165, 1.54) is 5.56 Å². The van der Waals surface area contributed by atoms with E-state index in [-0.39, 0.29) is 17.6 Å². The smallest absolute Gasteiger partial charge is 0.315 e. The predicted octanol–water partition coefficient (Wildman–Crippen LogP) is 2.44. The molecule has 0 radical (unpaired) electrons. The molecule has 7 heteroatoms. The highest BCUT2D eigenvalue weighted by Gasteiger charge is 2.24. The Morgan fingerprint density at radius 2 is 1.77 bits per heavy atom. The summed E-state index contributed by atoms with van der Waals surface area (Å²) in [6, 6.07) is 17.7. The molecule has 2 N–H and O–H groups in total. The minimum Gasteiger partial charge on any atom is -0.352 e. The maximum Gasteiger partial charge on any atom is 0.315 e. The van der Waals surface area contributed by atoms with Gasteiger partial charge in [0, 0.05) is 32.7 Å². The van der Waals surface area contributed by atoms with E-state index in [2.05, 4.69) is 27.8 Å². The van der Waals surface area contributed by atoms with Crippen molar-refractivity contribution < 1.29 is 4.79 Å². The number of nitrogens with zero attached hydrogens (tertiary/aromatic N) is 3. The van der Waals surface area contributed by atoms with Crippen LogP contribution in [-0.4, -0.2) is 41.3 Å². The highest BCUT2D eigenvalue weighted by Crippen LogP contribution is 2.18. The second-order valence-electron chi connectivity index (χ2n) is 7.69. The zero-order valence-electron chi connectivity index (χ0n) is 17.2. The number of benzene rings is 2. The van der Waals surface area contributed by atoms with Crippen LogP contribution in [0.4, 0.5) is 10.6 Å². The largest absolute Gasteiger partial charge is 0.352 e. The van der Waals surface area contributed by atoms with E-state index in [1.807, 2.05) is 47.4 Å². The lowest BCUT2D eigenvalue weighted by molar-refractivity contribution is 0.234. The Labute approximate surface area is 175 Å². The topological polar surface area (TPSA) is 79.3 Å². The second kappa shape index (κ2) is 8.98. The highest BCUT2D eigenvalue weighted by atomic mass is 16.2. The summed E-state index contributed by atoms with van der Waals surface area (Å²) in [6.45, 7) is 1.98. The lowest BCUT2D eigenvalue weighted by atomic mass is 10.1. The molecule has 1 saturated heterocycles. The lowest BCUT2D eigenvalue weighted by Gasteiger charge is -2.33. The van der Waals surface area contributed by atoms with Crippen molar-refractivity contribution >= 4 is 22.9 Å². The molecule has 0 saturated carbocycles. The van der Waals surface area contributed by atoms with Gasteiger partial charge in [-0.05, 0) is 37.0 Å². The fourth-order valence-electron chi connectivity index (χ4n) is 3.91. The van der Waals surface area contributed by atoms with Crippen molar-refractivity contribution in [2.75, 3.05) is 24.5 Å². The number of rotatable bonds is 5. The molecule has 0 unspecified atom stereocenters. The summed E-state index contributed by atoms with van der Waals surface area (Å²) in [7, 11) is 1.78. The summed E-state index contributed by atoms with van der Waals surface area (Å²) >= 11 is 0. The molecule has 7 nitrogen and oxygen atoms in total. The number of amides is 2.